The van der Waals surface area contributed by atoms with E-state index in [-0.39, 0.29) is 23.4 Å². The molecular weight excluding hydrogens is 456 g/mol. The molecule has 0 radical (unpaired) electrons. The summed E-state index contributed by atoms with van der Waals surface area (Å²) in [5.74, 6) is -0.277. The molecule has 1 amide bonds. The third-order valence-corrected chi connectivity index (χ3v) is 8.42. The van der Waals surface area contributed by atoms with E-state index in [1.54, 1.807) is 30.3 Å². The van der Waals surface area contributed by atoms with Crippen LogP contribution in [0.5, 0.6) is 0 Å². The lowest BCUT2D eigenvalue weighted by Gasteiger charge is -2.22. The summed E-state index contributed by atoms with van der Waals surface area (Å²) in [5, 5.41) is 0.558. The minimum absolute atomic E-state index is 0.145. The first kappa shape index (κ1) is 23.0. The molecule has 4 rings (SSSR count). The van der Waals surface area contributed by atoms with E-state index in [2.05, 4.69) is 9.97 Å². The van der Waals surface area contributed by atoms with E-state index in [1.807, 2.05) is 56.3 Å². The highest BCUT2D eigenvalue weighted by Gasteiger charge is 2.25. The van der Waals surface area contributed by atoms with Gasteiger partial charge in [-0.15, -0.1) is 0 Å². The van der Waals surface area contributed by atoms with Crippen LogP contribution in [-0.4, -0.2) is 41.7 Å². The maximum atomic E-state index is 13.5. The Labute approximate surface area is 197 Å². The Kier molecular flexibility index (Phi) is 6.55. The minimum Gasteiger partial charge on any atom is -0.278 e. The number of thiazole rings is 1. The van der Waals surface area contributed by atoms with Gasteiger partial charge in [0.2, 0.25) is 10.0 Å². The number of anilines is 1. The Balaban J connectivity index is 1.69. The quantitative estimate of drug-likeness (QED) is 0.387. The SMILES string of the molecule is CC(C)N(C)S(=O)(=O)c1ccc(C(=O)N(Cc2ccccn2)c2nc3ccccc3s2)cc1. The summed E-state index contributed by atoms with van der Waals surface area (Å²) < 4.78 is 27.8. The molecule has 170 valence electrons. The van der Waals surface area contributed by atoms with Crippen LogP contribution in [0.3, 0.4) is 0 Å². The maximum Gasteiger partial charge on any atom is 0.260 e. The zero-order chi connectivity index (χ0) is 23.6. The highest BCUT2D eigenvalue weighted by atomic mass is 32.2. The molecule has 0 N–H and O–H groups in total. The van der Waals surface area contributed by atoms with Crippen molar-refractivity contribution >= 4 is 42.6 Å². The number of carbonyl (C=O) groups is 1. The number of nitrogens with zero attached hydrogens (tertiary/aromatic N) is 4. The predicted octanol–water partition coefficient (Wildman–Crippen LogP) is 4.57. The van der Waals surface area contributed by atoms with E-state index in [9.17, 15) is 13.2 Å². The maximum absolute atomic E-state index is 13.5. The van der Waals surface area contributed by atoms with Crippen LogP contribution in [0, 0.1) is 0 Å². The molecule has 0 saturated heterocycles. The van der Waals surface area contributed by atoms with Crippen molar-refractivity contribution in [1.29, 1.82) is 0 Å². The Morgan fingerprint density at radius 2 is 1.70 bits per heavy atom. The van der Waals surface area contributed by atoms with Gasteiger partial charge in [0.1, 0.15) is 0 Å². The zero-order valence-corrected chi connectivity index (χ0v) is 20.2. The van der Waals surface area contributed by atoms with Crippen molar-refractivity contribution in [3.63, 3.8) is 0 Å². The molecule has 4 aromatic rings. The number of rotatable bonds is 7. The van der Waals surface area contributed by atoms with Crippen molar-refractivity contribution in [2.75, 3.05) is 11.9 Å². The molecule has 0 bridgehead atoms. The van der Waals surface area contributed by atoms with Gasteiger partial charge in [0, 0.05) is 24.8 Å². The number of benzene rings is 2. The van der Waals surface area contributed by atoms with Gasteiger partial charge >= 0.3 is 0 Å². The van der Waals surface area contributed by atoms with E-state index >= 15 is 0 Å². The van der Waals surface area contributed by atoms with Gasteiger partial charge in [0.15, 0.2) is 5.13 Å². The van der Waals surface area contributed by atoms with Crippen LogP contribution in [0.15, 0.2) is 77.8 Å². The molecule has 9 heteroatoms. The number of fused-ring (bicyclic) bond motifs is 1. The summed E-state index contributed by atoms with van der Waals surface area (Å²) in [4.78, 5) is 24.3. The van der Waals surface area contributed by atoms with Crippen LogP contribution >= 0.6 is 11.3 Å². The minimum atomic E-state index is -3.63. The number of aromatic nitrogens is 2. The number of para-hydroxylation sites is 1. The summed E-state index contributed by atoms with van der Waals surface area (Å²) in [6.07, 6.45) is 1.68. The summed E-state index contributed by atoms with van der Waals surface area (Å²) in [7, 11) is -2.09. The highest BCUT2D eigenvalue weighted by Crippen LogP contribution is 2.30. The van der Waals surface area contributed by atoms with Crippen LogP contribution in [0.2, 0.25) is 0 Å². The zero-order valence-electron chi connectivity index (χ0n) is 18.5. The predicted molar refractivity (Wildman–Crippen MR) is 131 cm³/mol. The fourth-order valence-electron chi connectivity index (χ4n) is 3.22. The lowest BCUT2D eigenvalue weighted by Crippen LogP contribution is -2.33. The molecule has 2 aromatic carbocycles. The number of amides is 1. The first-order chi connectivity index (χ1) is 15.8. The number of sulfonamides is 1. The van der Waals surface area contributed by atoms with Gasteiger partial charge in [-0.3, -0.25) is 14.7 Å². The van der Waals surface area contributed by atoms with Crippen molar-refractivity contribution in [2.24, 2.45) is 0 Å². The fraction of sp³-hybridized carbons (Fsp3) is 0.208. The molecule has 0 spiro atoms. The number of carbonyl (C=O) groups excluding carboxylic acids is 1. The van der Waals surface area contributed by atoms with E-state index in [0.717, 1.165) is 15.9 Å². The third-order valence-electron chi connectivity index (χ3n) is 5.31. The van der Waals surface area contributed by atoms with E-state index in [4.69, 9.17) is 0 Å². The van der Waals surface area contributed by atoms with Gasteiger partial charge < -0.3 is 0 Å². The van der Waals surface area contributed by atoms with Gasteiger partial charge in [0.05, 0.1) is 27.4 Å². The summed E-state index contributed by atoms with van der Waals surface area (Å²) in [6.45, 7) is 3.86. The molecule has 7 nitrogen and oxygen atoms in total. The first-order valence-electron chi connectivity index (χ1n) is 10.4. The number of hydrogen-bond acceptors (Lipinski definition) is 6. The van der Waals surface area contributed by atoms with Crippen LogP contribution in [0.25, 0.3) is 10.2 Å². The normalized spacial score (nSPS) is 11.9. The standard InChI is InChI=1S/C24H24N4O3S2/c1-17(2)27(3)33(30,31)20-13-11-18(12-14-20)23(29)28(16-19-8-6-7-15-25-19)24-26-21-9-4-5-10-22(21)32-24/h4-15,17H,16H2,1-3H3. The van der Waals surface area contributed by atoms with Crippen molar-refractivity contribution in [3.8, 4) is 0 Å². The van der Waals surface area contributed by atoms with Gasteiger partial charge in [-0.05, 0) is 62.4 Å². The van der Waals surface area contributed by atoms with Crippen LogP contribution < -0.4 is 4.90 Å². The van der Waals surface area contributed by atoms with Crippen LogP contribution in [0.4, 0.5) is 5.13 Å². The molecule has 0 unspecified atom stereocenters. The average Bonchev–Trinajstić information content (AvgIpc) is 3.26. The molecule has 2 aromatic heterocycles. The summed E-state index contributed by atoms with van der Waals surface area (Å²) in [5.41, 5.74) is 1.91. The molecule has 0 aliphatic rings. The van der Waals surface area contributed by atoms with Gasteiger partial charge in [-0.2, -0.15) is 4.31 Å². The summed E-state index contributed by atoms with van der Waals surface area (Å²) in [6, 6.07) is 19.1. The summed E-state index contributed by atoms with van der Waals surface area (Å²) >= 11 is 1.43. The first-order valence-corrected chi connectivity index (χ1v) is 12.7. The third kappa shape index (κ3) is 4.80. The van der Waals surface area contributed by atoms with Gasteiger partial charge in [-0.25, -0.2) is 13.4 Å². The molecule has 0 saturated carbocycles. The van der Waals surface area contributed by atoms with E-state index in [1.165, 1.54) is 27.8 Å². The average molecular weight is 481 g/mol. The highest BCUT2D eigenvalue weighted by molar-refractivity contribution is 7.89. The molecule has 0 aliphatic heterocycles. The lowest BCUT2D eigenvalue weighted by molar-refractivity contribution is 0.0984. The Bertz CT molecular complexity index is 1330. The number of pyridine rings is 1. The monoisotopic (exact) mass is 480 g/mol. The van der Waals surface area contributed by atoms with Crippen LogP contribution in [0.1, 0.15) is 29.9 Å². The Hall–Kier alpha value is -3.14. The smallest absolute Gasteiger partial charge is 0.260 e. The fourth-order valence-corrected chi connectivity index (χ4v) is 5.56. The van der Waals surface area contributed by atoms with E-state index in [0.29, 0.717) is 10.7 Å². The largest absolute Gasteiger partial charge is 0.278 e. The topological polar surface area (TPSA) is 83.5 Å². The Morgan fingerprint density at radius 3 is 2.33 bits per heavy atom. The van der Waals surface area contributed by atoms with Crippen molar-refractivity contribution < 1.29 is 13.2 Å². The molecule has 0 fully saturated rings. The molecule has 0 aliphatic carbocycles. The Morgan fingerprint density at radius 1 is 1.00 bits per heavy atom. The molecule has 0 atom stereocenters. The second-order valence-corrected chi connectivity index (χ2v) is 10.8. The number of hydrogen-bond donors (Lipinski definition) is 0. The molecule has 33 heavy (non-hydrogen) atoms. The van der Waals surface area contributed by atoms with E-state index < -0.39 is 10.0 Å². The van der Waals surface area contributed by atoms with Gasteiger partial charge in [0.25, 0.3) is 5.91 Å². The second-order valence-electron chi connectivity index (χ2n) is 7.82. The van der Waals surface area contributed by atoms with Crippen molar-refractivity contribution in [3.05, 3.63) is 84.2 Å². The van der Waals surface area contributed by atoms with Crippen LogP contribution in [-0.2, 0) is 16.6 Å². The van der Waals surface area contributed by atoms with Gasteiger partial charge in [-0.1, -0.05) is 29.5 Å². The molecule has 2 heterocycles. The molecular formula is C24H24N4O3S2. The lowest BCUT2D eigenvalue weighted by atomic mass is 10.2. The van der Waals surface area contributed by atoms with Crippen molar-refractivity contribution in [2.45, 2.75) is 31.3 Å². The van der Waals surface area contributed by atoms with Crippen molar-refractivity contribution in [1.82, 2.24) is 14.3 Å². The second kappa shape index (κ2) is 9.38.